The van der Waals surface area contributed by atoms with Crippen LogP contribution in [0.15, 0.2) is 6.20 Å². The van der Waals surface area contributed by atoms with Crippen molar-refractivity contribution in [2.24, 2.45) is 0 Å². The molecule has 21 heavy (non-hydrogen) atoms. The molecule has 1 aromatic heterocycles. The Kier molecular flexibility index (Phi) is 5.50. The van der Waals surface area contributed by atoms with Gasteiger partial charge in [0.15, 0.2) is 0 Å². The van der Waals surface area contributed by atoms with Crippen LogP contribution in [0.4, 0.5) is 0 Å². The fraction of sp³-hybridized carbons (Fsp3) is 0.800. The van der Waals surface area contributed by atoms with Crippen LogP contribution in [0.1, 0.15) is 66.6 Å². The molecule has 0 fully saturated rings. The molecule has 6 nitrogen and oxygen atoms in total. The van der Waals surface area contributed by atoms with Gasteiger partial charge >= 0.3 is 0 Å². The third-order valence-corrected chi connectivity index (χ3v) is 3.48. The summed E-state index contributed by atoms with van der Waals surface area (Å²) in [5.41, 5.74) is 0.653. The Morgan fingerprint density at radius 1 is 1.33 bits per heavy atom. The molecule has 1 amide bonds. The average molecular weight is 295 g/mol. The molecule has 120 valence electrons. The van der Waals surface area contributed by atoms with Gasteiger partial charge in [-0.05, 0) is 48.0 Å². The molecule has 2 N–H and O–H groups in total. The molecule has 1 atom stereocenters. The monoisotopic (exact) mass is 295 g/mol. The number of carbonyl (C=O) groups is 1. The molecular weight excluding hydrogens is 266 g/mol. The summed E-state index contributed by atoms with van der Waals surface area (Å²) >= 11 is 0. The zero-order valence-electron chi connectivity index (χ0n) is 14.3. The van der Waals surface area contributed by atoms with Crippen LogP contribution in [0.5, 0.6) is 0 Å². The van der Waals surface area contributed by atoms with Gasteiger partial charge < -0.3 is 10.6 Å². The summed E-state index contributed by atoms with van der Waals surface area (Å²) in [6.45, 7) is 14.8. The van der Waals surface area contributed by atoms with Crippen molar-refractivity contribution < 1.29 is 4.79 Å². The van der Waals surface area contributed by atoms with E-state index in [1.807, 2.05) is 27.0 Å². The van der Waals surface area contributed by atoms with Crippen molar-refractivity contribution in [1.29, 1.82) is 0 Å². The van der Waals surface area contributed by atoms with Crippen molar-refractivity contribution in [3.63, 3.8) is 0 Å². The molecule has 0 radical (unpaired) electrons. The zero-order chi connectivity index (χ0) is 16.3. The zero-order valence-corrected chi connectivity index (χ0v) is 14.3. The summed E-state index contributed by atoms with van der Waals surface area (Å²) in [5, 5.41) is 14.5. The van der Waals surface area contributed by atoms with E-state index >= 15 is 0 Å². The lowest BCUT2D eigenvalue weighted by Gasteiger charge is -2.26. The number of hydrogen-bond acceptors (Lipinski definition) is 4. The van der Waals surface area contributed by atoms with Gasteiger partial charge in [0.05, 0.1) is 11.9 Å². The third kappa shape index (κ3) is 5.83. The van der Waals surface area contributed by atoms with Crippen molar-refractivity contribution in [3.8, 4) is 0 Å². The van der Waals surface area contributed by atoms with Crippen molar-refractivity contribution in [3.05, 3.63) is 11.9 Å². The van der Waals surface area contributed by atoms with Crippen LogP contribution < -0.4 is 10.6 Å². The number of nitrogens with one attached hydrogen (secondary N) is 2. The predicted molar refractivity (Wildman–Crippen MR) is 83.8 cm³/mol. The quantitative estimate of drug-likeness (QED) is 0.842. The van der Waals surface area contributed by atoms with E-state index in [1.165, 1.54) is 0 Å². The van der Waals surface area contributed by atoms with E-state index in [-0.39, 0.29) is 23.0 Å². The minimum atomic E-state index is -0.369. The second-order valence-corrected chi connectivity index (χ2v) is 7.20. The molecule has 1 rings (SSSR count). The molecule has 0 bridgehead atoms. The minimum Gasteiger partial charge on any atom is -0.349 e. The highest BCUT2D eigenvalue weighted by molar-refractivity contribution is 5.80. The van der Waals surface area contributed by atoms with E-state index in [4.69, 9.17) is 0 Å². The van der Waals surface area contributed by atoms with E-state index in [2.05, 4.69) is 48.6 Å². The van der Waals surface area contributed by atoms with Gasteiger partial charge in [-0.1, -0.05) is 12.1 Å². The highest BCUT2D eigenvalue weighted by atomic mass is 16.2. The summed E-state index contributed by atoms with van der Waals surface area (Å²) in [6, 6.07) is -0.369. The molecule has 0 aliphatic carbocycles. The maximum Gasteiger partial charge on any atom is 0.245 e. The van der Waals surface area contributed by atoms with Crippen LogP contribution in [0.3, 0.4) is 0 Å². The van der Waals surface area contributed by atoms with E-state index in [0.717, 1.165) is 12.1 Å². The fourth-order valence-corrected chi connectivity index (χ4v) is 1.59. The largest absolute Gasteiger partial charge is 0.349 e. The molecular formula is C15H29N5O. The molecule has 1 heterocycles. The summed E-state index contributed by atoms with van der Waals surface area (Å²) < 4.78 is 1.61. The van der Waals surface area contributed by atoms with Crippen LogP contribution in [0.25, 0.3) is 0 Å². The lowest BCUT2D eigenvalue weighted by Crippen LogP contribution is -2.45. The topological polar surface area (TPSA) is 71.8 Å². The lowest BCUT2D eigenvalue weighted by molar-refractivity contribution is -0.125. The van der Waals surface area contributed by atoms with Gasteiger partial charge in [-0.3, -0.25) is 4.79 Å². The SMILES string of the molecule is CCC(C)(C)NC(=O)C(C)n1cc(CNC(C)(C)C)nn1. The summed E-state index contributed by atoms with van der Waals surface area (Å²) in [4.78, 5) is 12.2. The second kappa shape index (κ2) is 6.56. The molecule has 0 aromatic carbocycles. The first kappa shape index (κ1) is 17.6. The van der Waals surface area contributed by atoms with Gasteiger partial charge in [-0.15, -0.1) is 5.10 Å². The van der Waals surface area contributed by atoms with Crippen LogP contribution in [-0.2, 0) is 11.3 Å². The highest BCUT2D eigenvalue weighted by Crippen LogP contribution is 2.11. The van der Waals surface area contributed by atoms with E-state index in [0.29, 0.717) is 6.54 Å². The first-order chi connectivity index (χ1) is 9.54. The predicted octanol–water partition coefficient (Wildman–Crippen LogP) is 2.03. The molecule has 0 spiro atoms. The van der Waals surface area contributed by atoms with Gasteiger partial charge in [0.2, 0.25) is 5.91 Å². The Hall–Kier alpha value is -1.43. The first-order valence-electron chi connectivity index (χ1n) is 7.52. The van der Waals surface area contributed by atoms with Gasteiger partial charge in [0.25, 0.3) is 0 Å². The van der Waals surface area contributed by atoms with Crippen LogP contribution in [-0.4, -0.2) is 32.0 Å². The molecule has 6 heteroatoms. The van der Waals surface area contributed by atoms with Crippen molar-refractivity contribution >= 4 is 5.91 Å². The number of hydrogen-bond donors (Lipinski definition) is 2. The number of aromatic nitrogens is 3. The minimum absolute atomic E-state index is 0.0257. The fourth-order valence-electron chi connectivity index (χ4n) is 1.59. The Morgan fingerprint density at radius 2 is 1.95 bits per heavy atom. The van der Waals surface area contributed by atoms with Gasteiger partial charge in [-0.2, -0.15) is 0 Å². The highest BCUT2D eigenvalue weighted by Gasteiger charge is 2.23. The summed E-state index contributed by atoms with van der Waals surface area (Å²) in [6.07, 6.45) is 2.70. The first-order valence-corrected chi connectivity index (χ1v) is 7.52. The Morgan fingerprint density at radius 3 is 2.48 bits per heavy atom. The normalized spacial score (nSPS) is 14.0. The number of amides is 1. The molecule has 0 saturated heterocycles. The summed E-state index contributed by atoms with van der Waals surface area (Å²) in [7, 11) is 0. The van der Waals surface area contributed by atoms with E-state index in [1.54, 1.807) is 4.68 Å². The maximum atomic E-state index is 12.2. The maximum absolute atomic E-state index is 12.2. The van der Waals surface area contributed by atoms with E-state index in [9.17, 15) is 4.79 Å². The van der Waals surface area contributed by atoms with Crippen LogP contribution in [0, 0.1) is 0 Å². The van der Waals surface area contributed by atoms with Crippen molar-refractivity contribution in [1.82, 2.24) is 25.6 Å². The molecule has 0 aliphatic rings. The van der Waals surface area contributed by atoms with Gasteiger partial charge in [0.1, 0.15) is 6.04 Å². The van der Waals surface area contributed by atoms with Crippen molar-refractivity contribution in [2.45, 2.75) is 78.6 Å². The van der Waals surface area contributed by atoms with Gasteiger partial charge in [0, 0.05) is 17.6 Å². The van der Waals surface area contributed by atoms with Gasteiger partial charge in [-0.25, -0.2) is 4.68 Å². The standard InChI is InChI=1S/C15H29N5O/c1-8-15(6,7)17-13(21)11(2)20-10-12(18-19-20)9-16-14(3,4)5/h10-11,16H,8-9H2,1-7H3,(H,17,21). The smallest absolute Gasteiger partial charge is 0.245 e. The molecule has 0 saturated carbocycles. The van der Waals surface area contributed by atoms with Crippen LogP contribution in [0.2, 0.25) is 0 Å². The van der Waals surface area contributed by atoms with Crippen LogP contribution >= 0.6 is 0 Å². The van der Waals surface area contributed by atoms with E-state index < -0.39 is 0 Å². The molecule has 0 aliphatic heterocycles. The average Bonchev–Trinajstić information content (AvgIpc) is 2.83. The lowest BCUT2D eigenvalue weighted by atomic mass is 10.0. The number of rotatable bonds is 6. The van der Waals surface area contributed by atoms with Crippen molar-refractivity contribution in [2.75, 3.05) is 0 Å². The summed E-state index contributed by atoms with van der Waals surface area (Å²) in [5.74, 6) is -0.0397. The molecule has 1 unspecified atom stereocenters. The Bertz CT molecular complexity index is 473. The molecule has 1 aromatic rings. The number of nitrogens with zero attached hydrogens (tertiary/aromatic N) is 3. The number of carbonyl (C=O) groups excluding carboxylic acids is 1. The second-order valence-electron chi connectivity index (χ2n) is 7.20. The third-order valence-electron chi connectivity index (χ3n) is 3.48. The Labute approximate surface area is 127 Å². The Balaban J connectivity index is 2.65.